The van der Waals surface area contributed by atoms with E-state index in [0.29, 0.717) is 24.1 Å². The summed E-state index contributed by atoms with van der Waals surface area (Å²) >= 11 is 1.07. The predicted octanol–water partition coefficient (Wildman–Crippen LogP) is 3.15. The molecule has 1 N–H and O–H groups in total. The highest BCUT2D eigenvalue weighted by Crippen LogP contribution is 2.23. The van der Waals surface area contributed by atoms with Crippen molar-refractivity contribution in [2.24, 2.45) is 0 Å². The molecule has 0 aliphatic rings. The van der Waals surface area contributed by atoms with Crippen LogP contribution in [0.5, 0.6) is 0 Å². The maximum absolute atomic E-state index is 12.4. The molecule has 25 heavy (non-hydrogen) atoms. The number of aryl methyl sites for hydroxylation is 1. The highest BCUT2D eigenvalue weighted by Gasteiger charge is 2.17. The van der Waals surface area contributed by atoms with E-state index < -0.39 is 10.0 Å². The molecule has 2 heterocycles. The van der Waals surface area contributed by atoms with Crippen LogP contribution in [-0.4, -0.2) is 19.5 Å². The summed E-state index contributed by atoms with van der Waals surface area (Å²) in [5.41, 5.74) is 0.766. The number of fused-ring (bicyclic) bond motifs is 1. The first kappa shape index (κ1) is 17.9. The first-order valence-corrected chi connectivity index (χ1v) is 10.4. The van der Waals surface area contributed by atoms with Gasteiger partial charge in [-0.1, -0.05) is 11.3 Å². The molecule has 2 aromatic heterocycles. The van der Waals surface area contributed by atoms with Crippen LogP contribution in [0.1, 0.15) is 32.1 Å². The second kappa shape index (κ2) is 7.15. The molecule has 0 spiro atoms. The Balaban J connectivity index is 1.74. The minimum atomic E-state index is -3.60. The fourth-order valence-electron chi connectivity index (χ4n) is 2.68. The summed E-state index contributed by atoms with van der Waals surface area (Å²) in [5.74, 6) is 0.834. The normalized spacial score (nSPS) is 12.3. The Morgan fingerprint density at radius 1 is 1.28 bits per heavy atom. The van der Waals surface area contributed by atoms with Gasteiger partial charge in [0, 0.05) is 19.0 Å². The van der Waals surface area contributed by atoms with Crippen LogP contribution < -0.4 is 9.60 Å². The smallest absolute Gasteiger partial charge is 0.308 e. The summed E-state index contributed by atoms with van der Waals surface area (Å²) in [4.78, 5) is 12.2. The van der Waals surface area contributed by atoms with E-state index in [9.17, 15) is 13.2 Å². The van der Waals surface area contributed by atoms with Crippen molar-refractivity contribution in [2.45, 2.75) is 37.6 Å². The molecule has 3 aromatic rings. The van der Waals surface area contributed by atoms with E-state index in [1.165, 1.54) is 0 Å². The van der Waals surface area contributed by atoms with Crippen molar-refractivity contribution in [3.8, 4) is 0 Å². The van der Waals surface area contributed by atoms with E-state index in [0.717, 1.165) is 22.6 Å². The van der Waals surface area contributed by atoms with E-state index >= 15 is 0 Å². The number of aromatic nitrogens is 1. The largest absolute Gasteiger partial charge is 0.469 e. The van der Waals surface area contributed by atoms with Crippen molar-refractivity contribution in [3.63, 3.8) is 0 Å². The lowest BCUT2D eigenvalue weighted by atomic mass is 10.2. The quantitative estimate of drug-likeness (QED) is 0.639. The van der Waals surface area contributed by atoms with Crippen molar-refractivity contribution < 1.29 is 12.8 Å². The Morgan fingerprint density at radius 3 is 2.76 bits per heavy atom. The van der Waals surface area contributed by atoms with Gasteiger partial charge in [-0.05, 0) is 50.6 Å². The maximum atomic E-state index is 12.4. The molecule has 0 aliphatic heterocycles. The van der Waals surface area contributed by atoms with Gasteiger partial charge in [0.2, 0.25) is 10.0 Å². The molecule has 0 unspecified atom stereocenters. The number of rotatable bonds is 7. The second-order valence-corrected chi connectivity index (χ2v) is 8.80. The third-order valence-corrected chi connectivity index (χ3v) is 6.26. The van der Waals surface area contributed by atoms with Gasteiger partial charge in [0.05, 0.1) is 21.4 Å². The SMILES string of the molecule is CC(C)n1c(=O)sc2cc(S(=O)(=O)NCCCc3ccco3)ccc21. The van der Waals surface area contributed by atoms with E-state index in [2.05, 4.69) is 4.72 Å². The minimum absolute atomic E-state index is 0.0310. The summed E-state index contributed by atoms with van der Waals surface area (Å²) in [5, 5.41) is 0. The van der Waals surface area contributed by atoms with Gasteiger partial charge in [-0.3, -0.25) is 9.36 Å². The zero-order valence-corrected chi connectivity index (χ0v) is 15.7. The molecular weight excluding hydrogens is 360 g/mol. The van der Waals surface area contributed by atoms with E-state index in [-0.39, 0.29) is 15.8 Å². The van der Waals surface area contributed by atoms with Gasteiger partial charge >= 0.3 is 4.87 Å². The molecule has 0 fully saturated rings. The van der Waals surface area contributed by atoms with Crippen molar-refractivity contribution in [1.82, 2.24) is 9.29 Å². The molecule has 0 bridgehead atoms. The summed E-state index contributed by atoms with van der Waals surface area (Å²) < 4.78 is 35.1. The summed E-state index contributed by atoms with van der Waals surface area (Å²) in [6.45, 7) is 4.18. The first-order valence-electron chi connectivity index (χ1n) is 8.05. The molecule has 0 radical (unpaired) electrons. The van der Waals surface area contributed by atoms with Crippen molar-refractivity contribution in [2.75, 3.05) is 6.54 Å². The van der Waals surface area contributed by atoms with Gasteiger partial charge in [-0.15, -0.1) is 0 Å². The first-order chi connectivity index (χ1) is 11.9. The monoisotopic (exact) mass is 380 g/mol. The minimum Gasteiger partial charge on any atom is -0.469 e. The Morgan fingerprint density at radius 2 is 2.08 bits per heavy atom. The fraction of sp³-hybridized carbons (Fsp3) is 0.353. The van der Waals surface area contributed by atoms with Crippen LogP contribution in [0, 0.1) is 0 Å². The zero-order valence-electron chi connectivity index (χ0n) is 14.1. The van der Waals surface area contributed by atoms with Gasteiger partial charge in [0.1, 0.15) is 5.76 Å². The van der Waals surface area contributed by atoms with Gasteiger partial charge in [-0.2, -0.15) is 0 Å². The molecule has 3 rings (SSSR count). The Hall–Kier alpha value is -1.90. The molecular formula is C17H20N2O4S2. The van der Waals surface area contributed by atoms with Gasteiger partial charge in [0.25, 0.3) is 0 Å². The topological polar surface area (TPSA) is 81.3 Å². The Bertz CT molecular complexity index is 1010. The van der Waals surface area contributed by atoms with E-state index in [4.69, 9.17) is 4.42 Å². The lowest BCUT2D eigenvalue weighted by Crippen LogP contribution is -2.25. The maximum Gasteiger partial charge on any atom is 0.308 e. The fourth-order valence-corrected chi connectivity index (χ4v) is 4.91. The van der Waals surface area contributed by atoms with Crippen LogP contribution in [0.25, 0.3) is 10.2 Å². The number of hydrogen-bond donors (Lipinski definition) is 1. The number of sulfonamides is 1. The summed E-state index contributed by atoms with van der Waals surface area (Å²) in [7, 11) is -3.60. The van der Waals surface area contributed by atoms with Crippen molar-refractivity contribution >= 4 is 31.6 Å². The van der Waals surface area contributed by atoms with Crippen LogP contribution in [-0.2, 0) is 16.4 Å². The Labute approximate surface area is 150 Å². The number of benzene rings is 1. The summed E-state index contributed by atoms with van der Waals surface area (Å²) in [6, 6.07) is 8.51. The average Bonchev–Trinajstić information content (AvgIpc) is 3.17. The Kier molecular flexibility index (Phi) is 5.12. The molecule has 0 saturated carbocycles. The number of furan rings is 1. The molecule has 8 heteroatoms. The van der Waals surface area contributed by atoms with Crippen LogP contribution in [0.2, 0.25) is 0 Å². The third-order valence-electron chi connectivity index (χ3n) is 3.88. The second-order valence-electron chi connectivity index (χ2n) is 6.04. The highest BCUT2D eigenvalue weighted by atomic mass is 32.2. The van der Waals surface area contributed by atoms with Gasteiger partial charge in [0.15, 0.2) is 0 Å². The number of nitrogens with one attached hydrogen (secondary N) is 1. The van der Waals surface area contributed by atoms with Crippen LogP contribution in [0.15, 0.2) is 50.7 Å². The van der Waals surface area contributed by atoms with E-state index in [1.807, 2.05) is 26.0 Å². The molecule has 0 aliphatic carbocycles. The van der Waals surface area contributed by atoms with Gasteiger partial charge < -0.3 is 4.42 Å². The standard InChI is InChI=1S/C17H20N2O4S2/c1-12(2)19-15-8-7-14(11-16(15)24-17(19)20)25(21,22)18-9-3-5-13-6-4-10-23-13/h4,6-8,10-12,18H,3,5,9H2,1-2H3. The van der Waals surface area contributed by atoms with Gasteiger partial charge in [-0.25, -0.2) is 13.1 Å². The lowest BCUT2D eigenvalue weighted by Gasteiger charge is -2.09. The zero-order chi connectivity index (χ0) is 18.0. The average molecular weight is 380 g/mol. The molecule has 134 valence electrons. The van der Waals surface area contributed by atoms with Crippen LogP contribution in [0.3, 0.4) is 0 Å². The molecule has 0 saturated heterocycles. The molecule has 0 amide bonds. The third kappa shape index (κ3) is 3.86. The number of thiazole rings is 1. The predicted molar refractivity (Wildman–Crippen MR) is 98.7 cm³/mol. The highest BCUT2D eigenvalue weighted by molar-refractivity contribution is 7.89. The molecule has 6 nitrogen and oxygen atoms in total. The van der Waals surface area contributed by atoms with Crippen LogP contribution in [0.4, 0.5) is 0 Å². The van der Waals surface area contributed by atoms with Crippen LogP contribution >= 0.6 is 11.3 Å². The lowest BCUT2D eigenvalue weighted by molar-refractivity contribution is 0.500. The van der Waals surface area contributed by atoms with Crippen molar-refractivity contribution in [3.05, 3.63) is 52.0 Å². The van der Waals surface area contributed by atoms with E-state index in [1.54, 1.807) is 29.0 Å². The number of nitrogens with zero attached hydrogens (tertiary/aromatic N) is 1. The molecule has 0 atom stereocenters. The summed E-state index contributed by atoms with van der Waals surface area (Å²) in [6.07, 6.45) is 2.92. The number of hydrogen-bond acceptors (Lipinski definition) is 5. The molecule has 1 aromatic carbocycles. The van der Waals surface area contributed by atoms with Crippen molar-refractivity contribution in [1.29, 1.82) is 0 Å².